The first-order valence-electron chi connectivity index (χ1n) is 9.98. The molecule has 35 heavy (non-hydrogen) atoms. The van der Waals surface area contributed by atoms with Crippen LogP contribution in [-0.4, -0.2) is 38.6 Å². The van der Waals surface area contributed by atoms with E-state index in [1.165, 1.54) is 23.7 Å². The van der Waals surface area contributed by atoms with Crippen LogP contribution in [0.2, 0.25) is 5.02 Å². The molecule has 4 rings (SSSR count). The van der Waals surface area contributed by atoms with Crippen molar-refractivity contribution in [2.75, 3.05) is 11.4 Å². The second kappa shape index (κ2) is 10.3. The van der Waals surface area contributed by atoms with Crippen LogP contribution in [0.1, 0.15) is 11.3 Å². The Kier molecular flexibility index (Phi) is 7.17. The molecule has 0 fully saturated rings. The number of nitrogens with one attached hydrogen (secondary N) is 1. The lowest BCUT2D eigenvalue weighted by Crippen LogP contribution is -2.42. The molecule has 0 aliphatic rings. The van der Waals surface area contributed by atoms with Crippen molar-refractivity contribution in [3.63, 3.8) is 0 Å². The topological polar surface area (TPSA) is 106 Å². The van der Waals surface area contributed by atoms with Crippen molar-refractivity contribution >= 4 is 40.4 Å². The Hall–Kier alpha value is -3.71. The number of alkyl halides is 3. The Morgan fingerprint density at radius 3 is 2.71 bits per heavy atom. The number of tetrazole rings is 1. The van der Waals surface area contributed by atoms with Crippen LogP contribution in [0.25, 0.3) is 10.7 Å². The number of anilines is 1. The van der Waals surface area contributed by atoms with Gasteiger partial charge in [-0.1, -0.05) is 17.7 Å². The van der Waals surface area contributed by atoms with Crippen LogP contribution >= 0.6 is 22.9 Å². The molecule has 3 aromatic heterocycles. The molecule has 1 aromatic carbocycles. The molecular weight excluding hydrogens is 509 g/mol. The summed E-state index contributed by atoms with van der Waals surface area (Å²) in [6, 6.07) is 9.80. The molecule has 0 spiro atoms. The van der Waals surface area contributed by atoms with Crippen LogP contribution in [0.5, 0.6) is 0 Å². The van der Waals surface area contributed by atoms with Crippen molar-refractivity contribution in [3.8, 4) is 10.7 Å². The lowest BCUT2D eigenvalue weighted by molar-refractivity contribution is -0.137. The van der Waals surface area contributed by atoms with E-state index in [1.807, 2.05) is 5.38 Å². The standard InChI is InChI=1S/C21H16ClF3N6O3S/c22-16-6-5-13(9-15(16)21(23,24)25)30(11-18(32)26-10-14-3-1-7-34-14)19(33)12-31-28-20(27-29-31)17-4-2-8-35-17/h1-9H,10-12H2,(H,26,32). The maximum Gasteiger partial charge on any atom is 0.417 e. The van der Waals surface area contributed by atoms with Crippen molar-refractivity contribution in [2.24, 2.45) is 0 Å². The monoisotopic (exact) mass is 524 g/mol. The summed E-state index contributed by atoms with van der Waals surface area (Å²) >= 11 is 7.09. The van der Waals surface area contributed by atoms with Crippen molar-refractivity contribution in [3.05, 3.63) is 70.5 Å². The van der Waals surface area contributed by atoms with Gasteiger partial charge in [-0.25, -0.2) is 0 Å². The normalized spacial score (nSPS) is 11.4. The van der Waals surface area contributed by atoms with Gasteiger partial charge >= 0.3 is 6.18 Å². The lowest BCUT2D eigenvalue weighted by atomic mass is 10.1. The first kappa shape index (κ1) is 24.4. The van der Waals surface area contributed by atoms with Crippen molar-refractivity contribution in [1.29, 1.82) is 0 Å². The first-order chi connectivity index (χ1) is 16.7. The number of carbonyl (C=O) groups is 2. The van der Waals surface area contributed by atoms with Crippen LogP contribution in [0, 0.1) is 0 Å². The number of hydrogen-bond donors (Lipinski definition) is 1. The minimum atomic E-state index is -4.76. The van der Waals surface area contributed by atoms with Crippen molar-refractivity contribution in [1.82, 2.24) is 25.5 Å². The van der Waals surface area contributed by atoms with Crippen molar-refractivity contribution < 1.29 is 27.2 Å². The van der Waals surface area contributed by atoms with Crippen LogP contribution in [0.4, 0.5) is 18.9 Å². The number of amides is 2. The fraction of sp³-hybridized carbons (Fsp3) is 0.190. The van der Waals surface area contributed by atoms with Crippen LogP contribution in [0.15, 0.2) is 58.5 Å². The lowest BCUT2D eigenvalue weighted by Gasteiger charge is -2.23. The molecule has 14 heteroatoms. The average molecular weight is 525 g/mol. The molecule has 0 unspecified atom stereocenters. The maximum absolute atomic E-state index is 13.4. The summed E-state index contributed by atoms with van der Waals surface area (Å²) < 4.78 is 45.4. The molecule has 0 aliphatic carbocycles. The second-order valence-corrected chi connectivity index (χ2v) is 8.47. The molecule has 1 N–H and O–H groups in total. The molecule has 3 heterocycles. The maximum atomic E-state index is 13.4. The average Bonchev–Trinajstić information content (AvgIpc) is 3.58. The smallest absolute Gasteiger partial charge is 0.417 e. The molecular formula is C21H16ClF3N6O3S. The van der Waals surface area contributed by atoms with Crippen LogP contribution in [-0.2, 0) is 28.9 Å². The Bertz CT molecular complexity index is 1310. The quantitative estimate of drug-likeness (QED) is 0.373. The van der Waals surface area contributed by atoms with Gasteiger partial charge in [0.1, 0.15) is 18.8 Å². The third kappa shape index (κ3) is 6.05. The number of hydrogen-bond acceptors (Lipinski definition) is 7. The number of carbonyl (C=O) groups excluding carboxylic acids is 2. The van der Waals surface area contributed by atoms with E-state index in [1.54, 1.807) is 24.3 Å². The van der Waals surface area contributed by atoms with Gasteiger partial charge in [0.15, 0.2) is 0 Å². The van der Waals surface area contributed by atoms with Gasteiger partial charge in [0, 0.05) is 5.69 Å². The van der Waals surface area contributed by atoms with E-state index >= 15 is 0 Å². The van der Waals surface area contributed by atoms with E-state index in [0.29, 0.717) is 17.7 Å². The molecule has 4 aromatic rings. The Morgan fingerprint density at radius 1 is 1.20 bits per heavy atom. The Labute approximate surface area is 205 Å². The van der Waals surface area contributed by atoms with E-state index in [0.717, 1.165) is 20.6 Å². The SMILES string of the molecule is O=C(CN(C(=O)Cn1nnc(-c2cccs2)n1)c1ccc(Cl)c(C(F)(F)F)c1)NCc1ccco1. The van der Waals surface area contributed by atoms with E-state index in [2.05, 4.69) is 20.7 Å². The van der Waals surface area contributed by atoms with Gasteiger partial charge in [0.05, 0.1) is 28.3 Å². The second-order valence-electron chi connectivity index (χ2n) is 7.12. The van der Waals surface area contributed by atoms with Gasteiger partial charge < -0.3 is 14.6 Å². The van der Waals surface area contributed by atoms with Gasteiger partial charge in [0.25, 0.3) is 5.91 Å². The van der Waals surface area contributed by atoms with E-state index in [4.69, 9.17) is 16.0 Å². The first-order valence-corrected chi connectivity index (χ1v) is 11.2. The highest BCUT2D eigenvalue weighted by Gasteiger charge is 2.34. The van der Waals surface area contributed by atoms with Gasteiger partial charge in [-0.2, -0.15) is 18.0 Å². The fourth-order valence-corrected chi connectivity index (χ4v) is 3.91. The minimum absolute atomic E-state index is 0.0388. The summed E-state index contributed by atoms with van der Waals surface area (Å²) in [4.78, 5) is 28.3. The van der Waals surface area contributed by atoms with E-state index in [-0.39, 0.29) is 12.2 Å². The van der Waals surface area contributed by atoms with Gasteiger partial charge in [0.2, 0.25) is 11.7 Å². The van der Waals surface area contributed by atoms with Gasteiger partial charge in [-0.15, -0.1) is 21.5 Å². The van der Waals surface area contributed by atoms with Crippen molar-refractivity contribution in [2.45, 2.75) is 19.3 Å². The zero-order valence-corrected chi connectivity index (χ0v) is 19.3. The highest BCUT2D eigenvalue weighted by atomic mass is 35.5. The van der Waals surface area contributed by atoms with Gasteiger partial charge in [-0.05, 0) is 47.0 Å². The highest BCUT2D eigenvalue weighted by molar-refractivity contribution is 7.13. The summed E-state index contributed by atoms with van der Waals surface area (Å²) in [7, 11) is 0. The highest BCUT2D eigenvalue weighted by Crippen LogP contribution is 2.37. The number of furan rings is 1. The van der Waals surface area contributed by atoms with E-state index in [9.17, 15) is 22.8 Å². The molecule has 182 valence electrons. The summed E-state index contributed by atoms with van der Waals surface area (Å²) in [6.45, 7) is -0.990. The predicted molar refractivity (Wildman–Crippen MR) is 120 cm³/mol. The summed E-state index contributed by atoms with van der Waals surface area (Å²) in [5, 5.41) is 15.7. The summed E-state index contributed by atoms with van der Waals surface area (Å²) in [5.41, 5.74) is -1.30. The predicted octanol–water partition coefficient (Wildman–Crippen LogP) is 4.02. The minimum Gasteiger partial charge on any atom is -0.467 e. The third-order valence-electron chi connectivity index (χ3n) is 4.68. The summed E-state index contributed by atoms with van der Waals surface area (Å²) in [6.07, 6.45) is -3.33. The third-order valence-corrected chi connectivity index (χ3v) is 5.88. The molecule has 0 aliphatic heterocycles. The molecule has 0 saturated heterocycles. The number of halogens is 4. The fourth-order valence-electron chi connectivity index (χ4n) is 3.04. The largest absolute Gasteiger partial charge is 0.467 e. The Balaban J connectivity index is 1.57. The number of benzene rings is 1. The molecule has 0 saturated carbocycles. The van der Waals surface area contributed by atoms with E-state index < -0.39 is 41.7 Å². The molecule has 0 radical (unpaired) electrons. The number of rotatable bonds is 8. The molecule has 0 bridgehead atoms. The molecule has 2 amide bonds. The molecule has 9 nitrogen and oxygen atoms in total. The van der Waals surface area contributed by atoms with Crippen LogP contribution < -0.4 is 10.2 Å². The Morgan fingerprint density at radius 2 is 2.03 bits per heavy atom. The number of thiophene rings is 1. The molecule has 0 atom stereocenters. The van der Waals surface area contributed by atoms with Gasteiger partial charge in [-0.3, -0.25) is 9.59 Å². The number of aromatic nitrogens is 4. The van der Waals surface area contributed by atoms with Crippen LogP contribution in [0.3, 0.4) is 0 Å². The number of nitrogens with zero attached hydrogens (tertiary/aromatic N) is 5. The zero-order valence-electron chi connectivity index (χ0n) is 17.7. The summed E-state index contributed by atoms with van der Waals surface area (Å²) in [5.74, 6) is -0.593. The zero-order chi connectivity index (χ0) is 25.0.